The zero-order valence-corrected chi connectivity index (χ0v) is 11.3. The van der Waals surface area contributed by atoms with E-state index < -0.39 is 0 Å². The summed E-state index contributed by atoms with van der Waals surface area (Å²) in [6.07, 6.45) is 5.86. The molecule has 0 amide bonds. The molecule has 0 aliphatic rings. The molecule has 0 heterocycles. The van der Waals surface area contributed by atoms with Gasteiger partial charge in [-0.15, -0.1) is 11.8 Å². The highest BCUT2D eigenvalue weighted by Crippen LogP contribution is 2.18. The zero-order chi connectivity index (χ0) is 13.7. The van der Waals surface area contributed by atoms with E-state index in [1.807, 2.05) is 36.6 Å². The van der Waals surface area contributed by atoms with Gasteiger partial charge in [-0.2, -0.15) is 0 Å². The van der Waals surface area contributed by atoms with Crippen LogP contribution in [0, 0.1) is 10.1 Å². The first-order valence-electron chi connectivity index (χ1n) is 5.75. The molecule has 0 unspecified atom stereocenters. The lowest BCUT2D eigenvalue weighted by atomic mass is 10.1. The molecule has 2 aromatic carbocycles. The van der Waals surface area contributed by atoms with Crippen molar-refractivity contribution in [2.24, 2.45) is 0 Å². The molecule has 2 rings (SSSR count). The lowest BCUT2D eigenvalue weighted by Gasteiger charge is -1.97. The number of benzene rings is 2. The molecule has 2 aromatic rings. The Bertz CT molecular complexity index is 606. The van der Waals surface area contributed by atoms with Gasteiger partial charge in [0, 0.05) is 17.0 Å². The molecule has 0 radical (unpaired) electrons. The average molecular weight is 271 g/mol. The lowest BCUT2D eigenvalue weighted by Crippen LogP contribution is -1.87. The normalized spacial score (nSPS) is 10.8. The predicted molar refractivity (Wildman–Crippen MR) is 80.2 cm³/mol. The van der Waals surface area contributed by atoms with E-state index in [-0.39, 0.29) is 10.6 Å². The Hall–Kier alpha value is -2.07. The molecule has 0 aliphatic heterocycles. The Labute approximate surface area is 116 Å². The Balaban J connectivity index is 2.17. The van der Waals surface area contributed by atoms with Gasteiger partial charge in [0.2, 0.25) is 0 Å². The maximum absolute atomic E-state index is 10.7. The van der Waals surface area contributed by atoms with Crippen LogP contribution >= 0.6 is 11.8 Å². The van der Waals surface area contributed by atoms with Crippen LogP contribution < -0.4 is 0 Å². The number of nitro benzene ring substituents is 1. The second kappa shape index (κ2) is 6.20. The molecule has 4 heteroatoms. The highest BCUT2D eigenvalue weighted by atomic mass is 32.2. The van der Waals surface area contributed by atoms with E-state index in [2.05, 4.69) is 12.1 Å². The van der Waals surface area contributed by atoms with Gasteiger partial charge in [0.1, 0.15) is 0 Å². The molecule has 0 spiro atoms. The Morgan fingerprint density at radius 2 is 1.74 bits per heavy atom. The van der Waals surface area contributed by atoms with Crippen LogP contribution in [0.25, 0.3) is 12.2 Å². The van der Waals surface area contributed by atoms with Gasteiger partial charge in [-0.05, 0) is 29.5 Å². The van der Waals surface area contributed by atoms with Gasteiger partial charge in [0.15, 0.2) is 0 Å². The molecule has 19 heavy (non-hydrogen) atoms. The standard InChI is InChI=1S/C15H13NO2S/c1-19-15-9-7-12(8-10-15)5-6-13-3-2-4-14(11-13)16(17)18/h2-11H,1H3/b6-5-. The minimum Gasteiger partial charge on any atom is -0.258 e. The van der Waals surface area contributed by atoms with Crippen molar-refractivity contribution in [3.63, 3.8) is 0 Å². The third-order valence-electron chi connectivity index (χ3n) is 2.67. The summed E-state index contributed by atoms with van der Waals surface area (Å²) >= 11 is 1.70. The van der Waals surface area contributed by atoms with Crippen molar-refractivity contribution >= 4 is 29.6 Å². The Morgan fingerprint density at radius 1 is 1.05 bits per heavy atom. The van der Waals surface area contributed by atoms with Gasteiger partial charge < -0.3 is 0 Å². The third kappa shape index (κ3) is 3.69. The third-order valence-corrected chi connectivity index (χ3v) is 3.41. The largest absolute Gasteiger partial charge is 0.270 e. The van der Waals surface area contributed by atoms with Gasteiger partial charge in [-0.3, -0.25) is 10.1 Å². The number of rotatable bonds is 4. The van der Waals surface area contributed by atoms with Crippen molar-refractivity contribution in [3.05, 3.63) is 69.8 Å². The van der Waals surface area contributed by atoms with E-state index in [4.69, 9.17) is 0 Å². The van der Waals surface area contributed by atoms with Crippen LogP contribution in [0.2, 0.25) is 0 Å². The summed E-state index contributed by atoms with van der Waals surface area (Å²) in [5.74, 6) is 0. The summed E-state index contributed by atoms with van der Waals surface area (Å²) in [4.78, 5) is 11.5. The molecule has 0 fully saturated rings. The van der Waals surface area contributed by atoms with Gasteiger partial charge in [0.25, 0.3) is 5.69 Å². The minimum absolute atomic E-state index is 0.111. The molecule has 0 atom stereocenters. The molecular weight excluding hydrogens is 258 g/mol. The van der Waals surface area contributed by atoms with Crippen molar-refractivity contribution in [1.82, 2.24) is 0 Å². The van der Waals surface area contributed by atoms with E-state index in [0.29, 0.717) is 0 Å². The fourth-order valence-corrected chi connectivity index (χ4v) is 2.06. The SMILES string of the molecule is CSc1ccc(/C=C\c2cccc([N+](=O)[O-])c2)cc1. The summed E-state index contributed by atoms with van der Waals surface area (Å²) in [6.45, 7) is 0. The smallest absolute Gasteiger partial charge is 0.258 e. The van der Waals surface area contributed by atoms with E-state index in [1.54, 1.807) is 23.9 Å². The fourth-order valence-electron chi connectivity index (χ4n) is 1.65. The van der Waals surface area contributed by atoms with Crippen LogP contribution in [0.15, 0.2) is 53.4 Å². The number of hydrogen-bond donors (Lipinski definition) is 0. The highest BCUT2D eigenvalue weighted by Gasteiger charge is 2.03. The number of nitrogens with zero attached hydrogens (tertiary/aromatic N) is 1. The van der Waals surface area contributed by atoms with Gasteiger partial charge in [-0.25, -0.2) is 0 Å². The fraction of sp³-hybridized carbons (Fsp3) is 0.0667. The number of non-ortho nitro benzene ring substituents is 1. The summed E-state index contributed by atoms with van der Waals surface area (Å²) < 4.78 is 0. The first-order valence-corrected chi connectivity index (χ1v) is 6.98. The molecule has 0 aromatic heterocycles. The number of hydrogen-bond acceptors (Lipinski definition) is 3. The van der Waals surface area contributed by atoms with Crippen molar-refractivity contribution in [3.8, 4) is 0 Å². The van der Waals surface area contributed by atoms with Gasteiger partial charge >= 0.3 is 0 Å². The van der Waals surface area contributed by atoms with Crippen LogP contribution in [-0.2, 0) is 0 Å². The quantitative estimate of drug-likeness (QED) is 0.356. The van der Waals surface area contributed by atoms with Crippen LogP contribution in [0.5, 0.6) is 0 Å². The monoisotopic (exact) mass is 271 g/mol. The van der Waals surface area contributed by atoms with Gasteiger partial charge in [-0.1, -0.05) is 36.4 Å². The lowest BCUT2D eigenvalue weighted by molar-refractivity contribution is -0.384. The summed E-state index contributed by atoms with van der Waals surface area (Å²) in [7, 11) is 0. The first kappa shape index (κ1) is 13.4. The minimum atomic E-state index is -0.384. The van der Waals surface area contributed by atoms with Crippen LogP contribution in [-0.4, -0.2) is 11.2 Å². The second-order valence-corrected chi connectivity index (χ2v) is 4.84. The molecule has 0 N–H and O–H groups in total. The first-order chi connectivity index (χ1) is 9.19. The summed E-state index contributed by atoms with van der Waals surface area (Å²) in [5, 5.41) is 10.7. The van der Waals surface area contributed by atoms with E-state index in [0.717, 1.165) is 11.1 Å². The Morgan fingerprint density at radius 3 is 2.37 bits per heavy atom. The maximum Gasteiger partial charge on any atom is 0.270 e. The molecule has 0 aliphatic carbocycles. The van der Waals surface area contributed by atoms with Crippen molar-refractivity contribution in [2.75, 3.05) is 6.26 Å². The Kier molecular flexibility index (Phi) is 4.36. The predicted octanol–water partition coefficient (Wildman–Crippen LogP) is 4.49. The van der Waals surface area contributed by atoms with E-state index in [1.165, 1.54) is 11.0 Å². The molecule has 0 saturated heterocycles. The zero-order valence-electron chi connectivity index (χ0n) is 10.4. The van der Waals surface area contributed by atoms with Crippen molar-refractivity contribution in [1.29, 1.82) is 0 Å². The van der Waals surface area contributed by atoms with Crippen LogP contribution in [0.4, 0.5) is 5.69 Å². The number of nitro groups is 1. The molecule has 3 nitrogen and oxygen atoms in total. The van der Waals surface area contributed by atoms with E-state index >= 15 is 0 Å². The summed E-state index contributed by atoms with van der Waals surface area (Å²) in [5.41, 5.74) is 2.01. The van der Waals surface area contributed by atoms with Crippen LogP contribution in [0.3, 0.4) is 0 Å². The molecule has 0 bridgehead atoms. The second-order valence-electron chi connectivity index (χ2n) is 3.96. The topological polar surface area (TPSA) is 43.1 Å². The van der Waals surface area contributed by atoms with Gasteiger partial charge in [0.05, 0.1) is 4.92 Å². The molecule has 0 saturated carbocycles. The average Bonchev–Trinajstić information content (AvgIpc) is 2.46. The highest BCUT2D eigenvalue weighted by molar-refractivity contribution is 7.98. The maximum atomic E-state index is 10.7. The van der Waals surface area contributed by atoms with Crippen LogP contribution in [0.1, 0.15) is 11.1 Å². The molecular formula is C15H13NO2S. The van der Waals surface area contributed by atoms with Crippen molar-refractivity contribution in [2.45, 2.75) is 4.90 Å². The van der Waals surface area contributed by atoms with Crippen molar-refractivity contribution < 1.29 is 4.92 Å². The molecule has 96 valence electrons. The number of thioether (sulfide) groups is 1. The summed E-state index contributed by atoms with van der Waals surface area (Å²) in [6, 6.07) is 14.8. The van der Waals surface area contributed by atoms with E-state index in [9.17, 15) is 10.1 Å².